The van der Waals surface area contributed by atoms with Gasteiger partial charge in [0, 0.05) is 38.3 Å². The van der Waals surface area contributed by atoms with Crippen LogP contribution in [0.4, 0.5) is 0 Å². The molecule has 10 heteroatoms. The molecule has 1 heterocycles. The van der Waals surface area contributed by atoms with Gasteiger partial charge in [0.2, 0.25) is 20.0 Å². The average molecular weight is 402 g/mol. The monoisotopic (exact) mass is 401 g/mol. The van der Waals surface area contributed by atoms with Crippen molar-refractivity contribution in [2.45, 2.75) is 11.8 Å². The second-order valence-corrected chi connectivity index (χ2v) is 9.78. The van der Waals surface area contributed by atoms with Crippen LogP contribution in [-0.2, 0) is 20.0 Å². The van der Waals surface area contributed by atoms with Crippen LogP contribution >= 0.6 is 0 Å². The van der Waals surface area contributed by atoms with Crippen molar-refractivity contribution in [1.29, 1.82) is 0 Å². The highest BCUT2D eigenvalue weighted by Gasteiger charge is 2.28. The number of hydrogen-bond acceptors (Lipinski definition) is 5. The predicted octanol–water partition coefficient (Wildman–Crippen LogP) is 0.258. The van der Waals surface area contributed by atoms with Crippen molar-refractivity contribution in [2.24, 2.45) is 0 Å². The Labute approximate surface area is 154 Å². The van der Waals surface area contributed by atoms with E-state index < -0.39 is 20.0 Å². The second-order valence-electron chi connectivity index (χ2n) is 5.76. The minimum atomic E-state index is -3.72. The van der Waals surface area contributed by atoms with E-state index >= 15 is 0 Å². The van der Waals surface area contributed by atoms with E-state index in [9.17, 15) is 21.6 Å². The first kappa shape index (κ1) is 20.6. The van der Waals surface area contributed by atoms with E-state index in [0.717, 1.165) is 0 Å². The zero-order valence-electron chi connectivity index (χ0n) is 14.6. The molecule has 0 atom stereocenters. The zero-order chi connectivity index (χ0) is 19.4. The van der Waals surface area contributed by atoms with Gasteiger partial charge in [0.25, 0.3) is 5.91 Å². The fourth-order valence-corrected chi connectivity index (χ4v) is 4.71. The molecule has 0 aliphatic carbocycles. The smallest absolute Gasteiger partial charge is 0.253 e. The highest BCUT2D eigenvalue weighted by atomic mass is 32.2. The number of sulfonamides is 2. The van der Waals surface area contributed by atoms with Gasteiger partial charge < -0.3 is 4.90 Å². The number of nitrogens with one attached hydrogen (secondary N) is 1. The summed E-state index contributed by atoms with van der Waals surface area (Å²) in [5.74, 6) is -0.294. The maximum atomic E-state index is 12.6. The van der Waals surface area contributed by atoms with E-state index in [0.29, 0.717) is 0 Å². The maximum Gasteiger partial charge on any atom is 0.253 e. The summed E-state index contributed by atoms with van der Waals surface area (Å²) in [6.45, 7) is 6.14. The molecule has 1 aliphatic heterocycles. The van der Waals surface area contributed by atoms with Gasteiger partial charge in [-0.1, -0.05) is 12.1 Å². The van der Waals surface area contributed by atoms with Gasteiger partial charge in [0.1, 0.15) is 0 Å². The van der Waals surface area contributed by atoms with Crippen LogP contribution in [0, 0.1) is 0 Å². The number of amides is 1. The van der Waals surface area contributed by atoms with E-state index in [1.165, 1.54) is 33.5 Å². The molecular weight excluding hydrogens is 378 g/mol. The number of carbonyl (C=O) groups excluding carboxylic acids is 1. The Morgan fingerprint density at radius 3 is 2.42 bits per heavy atom. The summed E-state index contributed by atoms with van der Waals surface area (Å²) in [4.78, 5) is 14.2. The standard InChI is InChI=1S/C16H23N3O5S2/c1-3-8-17-26(23,24)15-7-5-6-14(13-15)16(20)18-9-11-19(12-10-18)25(21,22)4-2/h3,5-7,13,17H,1,4,8-12H2,2H3. The minimum absolute atomic E-state index is 0.00241. The van der Waals surface area contributed by atoms with Crippen molar-refractivity contribution in [3.8, 4) is 0 Å². The Balaban J connectivity index is 2.12. The van der Waals surface area contributed by atoms with Crippen LogP contribution in [0.2, 0.25) is 0 Å². The summed E-state index contributed by atoms with van der Waals surface area (Å²) in [5.41, 5.74) is 0.248. The molecule has 0 aromatic heterocycles. The molecule has 0 spiro atoms. The Morgan fingerprint density at radius 1 is 1.19 bits per heavy atom. The molecule has 26 heavy (non-hydrogen) atoms. The third-order valence-electron chi connectivity index (χ3n) is 4.09. The molecule has 8 nitrogen and oxygen atoms in total. The van der Waals surface area contributed by atoms with Crippen molar-refractivity contribution >= 4 is 26.0 Å². The molecule has 0 radical (unpaired) electrons. The Bertz CT molecular complexity index is 873. The lowest BCUT2D eigenvalue weighted by atomic mass is 10.2. The van der Waals surface area contributed by atoms with Gasteiger partial charge in [0.05, 0.1) is 10.6 Å². The fourth-order valence-electron chi connectivity index (χ4n) is 2.58. The SMILES string of the molecule is C=CCNS(=O)(=O)c1cccc(C(=O)N2CCN(S(=O)(=O)CC)CC2)c1. The summed E-state index contributed by atoms with van der Waals surface area (Å²) in [7, 11) is -6.99. The van der Waals surface area contributed by atoms with Crippen LogP contribution < -0.4 is 4.72 Å². The lowest BCUT2D eigenvalue weighted by Crippen LogP contribution is -2.50. The molecular formula is C16H23N3O5S2. The number of piperazine rings is 1. The summed E-state index contributed by atoms with van der Waals surface area (Å²) in [6.07, 6.45) is 1.43. The van der Waals surface area contributed by atoms with E-state index in [2.05, 4.69) is 11.3 Å². The molecule has 0 unspecified atom stereocenters. The van der Waals surface area contributed by atoms with Gasteiger partial charge in [-0.15, -0.1) is 6.58 Å². The first-order valence-corrected chi connectivity index (χ1v) is 11.3. The maximum absolute atomic E-state index is 12.6. The van der Waals surface area contributed by atoms with Crippen LogP contribution in [0.1, 0.15) is 17.3 Å². The highest BCUT2D eigenvalue weighted by molar-refractivity contribution is 7.89. The average Bonchev–Trinajstić information content (AvgIpc) is 2.66. The van der Waals surface area contributed by atoms with E-state index in [1.54, 1.807) is 13.0 Å². The lowest BCUT2D eigenvalue weighted by Gasteiger charge is -2.33. The molecule has 1 aromatic carbocycles. The third kappa shape index (κ3) is 4.70. The molecule has 1 saturated heterocycles. The number of rotatable bonds is 7. The molecule has 144 valence electrons. The van der Waals surface area contributed by atoms with Crippen LogP contribution in [0.25, 0.3) is 0 Å². The van der Waals surface area contributed by atoms with Crippen molar-refractivity contribution < 1.29 is 21.6 Å². The topological polar surface area (TPSA) is 104 Å². The molecule has 1 fully saturated rings. The second kappa shape index (κ2) is 8.30. The summed E-state index contributed by atoms with van der Waals surface area (Å²) in [6, 6.07) is 5.79. The summed E-state index contributed by atoms with van der Waals surface area (Å²) in [5, 5.41) is 0. The first-order chi connectivity index (χ1) is 12.2. The van der Waals surface area contributed by atoms with Crippen LogP contribution in [0.5, 0.6) is 0 Å². The molecule has 1 N–H and O–H groups in total. The van der Waals surface area contributed by atoms with Crippen molar-refractivity contribution in [3.63, 3.8) is 0 Å². The third-order valence-corrected chi connectivity index (χ3v) is 7.40. The van der Waals surface area contributed by atoms with E-state index in [1.807, 2.05) is 0 Å². The predicted molar refractivity (Wildman–Crippen MR) is 98.8 cm³/mol. The number of hydrogen-bond donors (Lipinski definition) is 1. The quantitative estimate of drug-likeness (QED) is 0.660. The molecule has 1 aromatic rings. The largest absolute Gasteiger partial charge is 0.336 e. The van der Waals surface area contributed by atoms with Gasteiger partial charge in [0.15, 0.2) is 0 Å². The lowest BCUT2D eigenvalue weighted by molar-refractivity contribution is 0.0697. The fraction of sp³-hybridized carbons (Fsp3) is 0.438. The number of carbonyl (C=O) groups is 1. The van der Waals surface area contributed by atoms with E-state index in [4.69, 9.17) is 0 Å². The van der Waals surface area contributed by atoms with Gasteiger partial charge >= 0.3 is 0 Å². The Morgan fingerprint density at radius 2 is 1.85 bits per heavy atom. The molecule has 0 saturated carbocycles. The normalized spacial score (nSPS) is 16.4. The number of nitrogens with zero attached hydrogens (tertiary/aromatic N) is 2. The van der Waals surface area contributed by atoms with Crippen molar-refractivity contribution in [3.05, 3.63) is 42.5 Å². The molecule has 0 bridgehead atoms. The summed E-state index contributed by atoms with van der Waals surface area (Å²) >= 11 is 0. The van der Waals surface area contributed by atoms with Gasteiger partial charge in [-0.25, -0.2) is 21.6 Å². The highest BCUT2D eigenvalue weighted by Crippen LogP contribution is 2.15. The number of benzene rings is 1. The van der Waals surface area contributed by atoms with E-state index in [-0.39, 0.29) is 54.8 Å². The van der Waals surface area contributed by atoms with Gasteiger partial charge in [-0.2, -0.15) is 4.31 Å². The van der Waals surface area contributed by atoms with Crippen molar-refractivity contribution in [2.75, 3.05) is 38.5 Å². The minimum Gasteiger partial charge on any atom is -0.336 e. The van der Waals surface area contributed by atoms with Crippen LogP contribution in [0.15, 0.2) is 41.8 Å². The Hall–Kier alpha value is -1.75. The first-order valence-electron chi connectivity index (χ1n) is 8.19. The molecule has 1 amide bonds. The Kier molecular flexibility index (Phi) is 6.56. The van der Waals surface area contributed by atoms with Gasteiger partial charge in [-0.3, -0.25) is 4.79 Å². The molecule has 2 rings (SSSR count). The van der Waals surface area contributed by atoms with Crippen LogP contribution in [-0.4, -0.2) is 70.4 Å². The van der Waals surface area contributed by atoms with Crippen LogP contribution in [0.3, 0.4) is 0 Å². The molecule has 1 aliphatic rings. The van der Waals surface area contributed by atoms with Gasteiger partial charge in [-0.05, 0) is 25.1 Å². The zero-order valence-corrected chi connectivity index (χ0v) is 16.2. The van der Waals surface area contributed by atoms with Crippen molar-refractivity contribution in [1.82, 2.24) is 13.9 Å². The summed E-state index contributed by atoms with van der Waals surface area (Å²) < 4.78 is 51.8.